The van der Waals surface area contributed by atoms with E-state index in [4.69, 9.17) is 4.74 Å². The number of aromatic carboxylic acids is 1. The van der Waals surface area contributed by atoms with Crippen molar-refractivity contribution in [2.75, 3.05) is 13.7 Å². The number of fused-ring (bicyclic) bond motifs is 1. The quantitative estimate of drug-likeness (QED) is 0.859. The molecule has 19 heavy (non-hydrogen) atoms. The van der Waals surface area contributed by atoms with Crippen molar-refractivity contribution in [1.82, 2.24) is 4.72 Å². The van der Waals surface area contributed by atoms with Crippen LogP contribution in [0, 0.1) is 0 Å². The lowest BCUT2D eigenvalue weighted by Crippen LogP contribution is -2.22. The van der Waals surface area contributed by atoms with Gasteiger partial charge in [-0.3, -0.25) is 0 Å². The van der Waals surface area contributed by atoms with E-state index in [-0.39, 0.29) is 16.2 Å². The Kier molecular flexibility index (Phi) is 3.84. The number of ether oxygens (including phenoxy) is 1. The van der Waals surface area contributed by atoms with Gasteiger partial charge in [0.15, 0.2) is 0 Å². The summed E-state index contributed by atoms with van der Waals surface area (Å²) in [5.74, 6) is -0.959. The van der Waals surface area contributed by atoms with E-state index in [1.807, 2.05) is 0 Å². The first-order chi connectivity index (χ1) is 8.88. The molecule has 0 radical (unpaired) electrons. The average molecular weight is 350 g/mol. The Labute approximate surface area is 118 Å². The molecule has 0 fully saturated rings. The van der Waals surface area contributed by atoms with Gasteiger partial charge in [0.2, 0.25) is 10.0 Å². The molecule has 0 unspecified atom stereocenters. The maximum absolute atomic E-state index is 11.9. The Morgan fingerprint density at radius 3 is 2.79 bits per heavy atom. The Bertz CT molecular complexity index is 641. The molecule has 0 amide bonds. The number of sulfonamides is 1. The van der Waals surface area contributed by atoms with Gasteiger partial charge in [-0.2, -0.15) is 0 Å². The summed E-state index contributed by atoms with van der Waals surface area (Å²) in [6.45, 7) is 0.428. The SMILES string of the molecule is CNS(=O)(=O)c1cc(C(=O)O)c2c(c1Br)CCCO2. The number of carbonyl (C=O) groups is 1. The zero-order valence-corrected chi connectivity index (χ0v) is 12.5. The van der Waals surface area contributed by atoms with Gasteiger partial charge in [-0.15, -0.1) is 0 Å². The number of nitrogens with one attached hydrogen (secondary N) is 1. The van der Waals surface area contributed by atoms with Crippen LogP contribution in [0.25, 0.3) is 0 Å². The Balaban J connectivity index is 2.78. The molecule has 0 atom stereocenters. The fourth-order valence-corrected chi connectivity index (χ4v) is 3.93. The molecule has 104 valence electrons. The van der Waals surface area contributed by atoms with Crippen molar-refractivity contribution in [2.24, 2.45) is 0 Å². The lowest BCUT2D eigenvalue weighted by molar-refractivity contribution is 0.0690. The van der Waals surface area contributed by atoms with Crippen LogP contribution in [-0.4, -0.2) is 33.1 Å². The maximum atomic E-state index is 11.9. The second kappa shape index (κ2) is 5.10. The molecule has 1 heterocycles. The zero-order chi connectivity index (χ0) is 14.2. The van der Waals surface area contributed by atoms with E-state index in [9.17, 15) is 18.3 Å². The standard InChI is InChI=1S/C11H12BrNO5S/c1-13-19(16,17)8-5-7(11(14)15)10-6(9(8)12)3-2-4-18-10/h5,13H,2-4H2,1H3,(H,14,15). The second-order valence-electron chi connectivity index (χ2n) is 4.01. The van der Waals surface area contributed by atoms with Crippen molar-refractivity contribution in [1.29, 1.82) is 0 Å². The number of carboxylic acid groups (broad SMARTS) is 1. The van der Waals surface area contributed by atoms with Gasteiger partial charge >= 0.3 is 5.97 Å². The van der Waals surface area contributed by atoms with Gasteiger partial charge in [0.25, 0.3) is 0 Å². The Hall–Kier alpha value is -1.12. The summed E-state index contributed by atoms with van der Waals surface area (Å²) in [5.41, 5.74) is 0.451. The van der Waals surface area contributed by atoms with Gasteiger partial charge in [0, 0.05) is 10.0 Å². The monoisotopic (exact) mass is 349 g/mol. The summed E-state index contributed by atoms with van der Waals surface area (Å²) in [4.78, 5) is 11.2. The number of carboxylic acids is 1. The predicted octanol–water partition coefficient (Wildman–Crippen LogP) is 1.38. The molecule has 0 saturated heterocycles. The smallest absolute Gasteiger partial charge is 0.339 e. The first-order valence-corrected chi connectivity index (χ1v) is 7.81. The molecule has 0 aromatic heterocycles. The highest BCUT2D eigenvalue weighted by Gasteiger charge is 2.28. The number of benzene rings is 1. The van der Waals surface area contributed by atoms with Crippen LogP contribution in [0.4, 0.5) is 0 Å². The maximum Gasteiger partial charge on any atom is 0.339 e. The molecule has 1 aliphatic rings. The van der Waals surface area contributed by atoms with Crippen LogP contribution in [0.1, 0.15) is 22.3 Å². The Morgan fingerprint density at radius 2 is 2.21 bits per heavy atom. The van der Waals surface area contributed by atoms with Crippen molar-refractivity contribution in [3.8, 4) is 5.75 Å². The minimum atomic E-state index is -3.73. The van der Waals surface area contributed by atoms with Crippen molar-refractivity contribution in [3.05, 3.63) is 21.7 Å². The summed E-state index contributed by atoms with van der Waals surface area (Å²) < 4.78 is 31.7. The molecule has 1 aromatic carbocycles. The van der Waals surface area contributed by atoms with Crippen LogP contribution < -0.4 is 9.46 Å². The third-order valence-corrected chi connectivity index (χ3v) is 5.49. The molecule has 0 saturated carbocycles. The normalized spacial score (nSPS) is 14.6. The van der Waals surface area contributed by atoms with Crippen LogP contribution in [-0.2, 0) is 16.4 Å². The summed E-state index contributed by atoms with van der Waals surface area (Å²) in [5, 5.41) is 9.18. The largest absolute Gasteiger partial charge is 0.492 e. The van der Waals surface area contributed by atoms with Crippen molar-refractivity contribution < 1.29 is 23.1 Å². The third kappa shape index (κ3) is 2.47. The molecule has 0 aliphatic carbocycles. The van der Waals surface area contributed by atoms with Crippen LogP contribution in [0.2, 0.25) is 0 Å². The average Bonchev–Trinajstić information content (AvgIpc) is 2.38. The number of hydrogen-bond donors (Lipinski definition) is 2. The molecule has 0 spiro atoms. The van der Waals surface area contributed by atoms with E-state index in [0.717, 1.165) is 6.07 Å². The molecular weight excluding hydrogens is 338 g/mol. The highest BCUT2D eigenvalue weighted by molar-refractivity contribution is 9.10. The lowest BCUT2D eigenvalue weighted by Gasteiger charge is -2.22. The number of halogens is 1. The summed E-state index contributed by atoms with van der Waals surface area (Å²) >= 11 is 3.23. The molecule has 2 rings (SSSR count). The molecule has 6 nitrogen and oxygen atoms in total. The van der Waals surface area contributed by atoms with Crippen LogP contribution in [0.3, 0.4) is 0 Å². The van der Waals surface area contributed by atoms with Gasteiger partial charge < -0.3 is 9.84 Å². The summed E-state index contributed by atoms with van der Waals surface area (Å²) in [6, 6.07) is 1.11. The van der Waals surface area contributed by atoms with Gasteiger partial charge in [0.05, 0.1) is 11.5 Å². The van der Waals surface area contributed by atoms with E-state index in [0.29, 0.717) is 29.5 Å². The predicted molar refractivity (Wildman–Crippen MR) is 71.2 cm³/mol. The van der Waals surface area contributed by atoms with Crippen LogP contribution in [0.15, 0.2) is 15.4 Å². The third-order valence-electron chi connectivity index (χ3n) is 2.88. The van der Waals surface area contributed by atoms with E-state index in [2.05, 4.69) is 20.7 Å². The van der Waals surface area contributed by atoms with Gasteiger partial charge in [0.1, 0.15) is 11.3 Å². The van der Waals surface area contributed by atoms with Crippen molar-refractivity contribution in [2.45, 2.75) is 17.7 Å². The van der Waals surface area contributed by atoms with Gasteiger partial charge in [-0.1, -0.05) is 0 Å². The number of rotatable bonds is 3. The zero-order valence-electron chi connectivity index (χ0n) is 10.1. The highest BCUT2D eigenvalue weighted by atomic mass is 79.9. The van der Waals surface area contributed by atoms with E-state index < -0.39 is 16.0 Å². The van der Waals surface area contributed by atoms with Crippen LogP contribution >= 0.6 is 15.9 Å². The molecule has 1 aromatic rings. The van der Waals surface area contributed by atoms with E-state index in [1.165, 1.54) is 7.05 Å². The summed E-state index contributed by atoms with van der Waals surface area (Å²) in [6.07, 6.45) is 1.29. The fraction of sp³-hybridized carbons (Fsp3) is 0.364. The minimum Gasteiger partial charge on any atom is -0.492 e. The minimum absolute atomic E-state index is 0.0864. The summed E-state index contributed by atoms with van der Waals surface area (Å²) in [7, 11) is -2.46. The second-order valence-corrected chi connectivity index (χ2v) is 6.66. The highest BCUT2D eigenvalue weighted by Crippen LogP contribution is 2.39. The Morgan fingerprint density at radius 1 is 1.53 bits per heavy atom. The molecule has 1 aliphatic heterocycles. The molecule has 0 bridgehead atoms. The lowest BCUT2D eigenvalue weighted by atomic mass is 10.0. The molecule has 8 heteroatoms. The topological polar surface area (TPSA) is 92.7 Å². The first kappa shape index (κ1) is 14.3. The number of hydrogen-bond acceptors (Lipinski definition) is 4. The fourth-order valence-electron chi connectivity index (χ4n) is 1.95. The van der Waals surface area contributed by atoms with Crippen molar-refractivity contribution >= 4 is 31.9 Å². The van der Waals surface area contributed by atoms with E-state index in [1.54, 1.807) is 0 Å². The van der Waals surface area contributed by atoms with Crippen LogP contribution in [0.5, 0.6) is 5.75 Å². The first-order valence-electron chi connectivity index (χ1n) is 5.53. The van der Waals surface area contributed by atoms with Gasteiger partial charge in [-0.05, 0) is 41.9 Å². The van der Waals surface area contributed by atoms with E-state index >= 15 is 0 Å². The van der Waals surface area contributed by atoms with Crippen molar-refractivity contribution in [3.63, 3.8) is 0 Å². The van der Waals surface area contributed by atoms with Gasteiger partial charge in [-0.25, -0.2) is 17.9 Å². The molecule has 2 N–H and O–H groups in total. The molecular formula is C11H12BrNO5S.